The van der Waals surface area contributed by atoms with E-state index in [0.717, 1.165) is 6.07 Å². The van der Waals surface area contributed by atoms with E-state index in [0.29, 0.717) is 22.2 Å². The molecule has 1 heterocycles. The molecule has 0 bridgehead atoms. The number of aromatic nitrogens is 3. The number of carbonyl (C=O) groups is 2. The Morgan fingerprint density at radius 2 is 1.58 bits per heavy atom. The van der Waals surface area contributed by atoms with Crippen molar-refractivity contribution in [3.05, 3.63) is 107 Å². The number of amides is 1. The predicted octanol–water partition coefficient (Wildman–Crippen LogP) is 4.45. The largest absolute Gasteiger partial charge is 0.345 e. The van der Waals surface area contributed by atoms with Crippen molar-refractivity contribution in [2.45, 2.75) is 11.7 Å². The molecule has 0 unspecified atom stereocenters. The monoisotopic (exact) mass is 464 g/mol. The summed E-state index contributed by atoms with van der Waals surface area (Å²) in [5.74, 6) is -0.966. The van der Waals surface area contributed by atoms with Gasteiger partial charge in [-0.1, -0.05) is 48.2 Å². The molecule has 0 radical (unpaired) electrons. The molecule has 6 nitrogen and oxygen atoms in total. The van der Waals surface area contributed by atoms with E-state index in [4.69, 9.17) is 0 Å². The molecule has 0 spiro atoms. The van der Waals surface area contributed by atoms with Crippen LogP contribution in [0, 0.1) is 11.6 Å². The molecule has 0 saturated heterocycles. The Morgan fingerprint density at radius 1 is 0.848 bits per heavy atom. The van der Waals surface area contributed by atoms with Crippen LogP contribution in [0.2, 0.25) is 0 Å². The second-order valence-corrected chi connectivity index (χ2v) is 7.92. The summed E-state index contributed by atoms with van der Waals surface area (Å²) in [7, 11) is 0. The number of rotatable bonds is 8. The Labute approximate surface area is 192 Å². The first-order valence-electron chi connectivity index (χ1n) is 9.96. The summed E-state index contributed by atoms with van der Waals surface area (Å²) in [6, 6.07) is 19.9. The third-order valence-corrected chi connectivity index (χ3v) is 5.64. The number of halogens is 2. The number of nitrogens with one attached hydrogen (secondary N) is 1. The molecule has 0 aliphatic carbocycles. The van der Waals surface area contributed by atoms with E-state index in [1.807, 2.05) is 6.07 Å². The van der Waals surface area contributed by atoms with Gasteiger partial charge in [0.15, 0.2) is 16.8 Å². The molecule has 1 amide bonds. The standard InChI is InChI=1S/C24H18F2N4O2S/c25-18-9-11-20(12-10-18)30-22(14-27-23(32)17-7-4-8-19(26)13-17)28-29-24(30)33-15-21(31)16-5-2-1-3-6-16/h1-13H,14-15H2,(H,27,32). The third kappa shape index (κ3) is 5.50. The first-order chi connectivity index (χ1) is 16.0. The minimum Gasteiger partial charge on any atom is -0.345 e. The first kappa shape index (κ1) is 22.3. The molecule has 0 atom stereocenters. The number of hydrogen-bond donors (Lipinski definition) is 1. The molecular formula is C24H18F2N4O2S. The molecular weight excluding hydrogens is 446 g/mol. The number of carbonyl (C=O) groups excluding carboxylic acids is 2. The summed E-state index contributed by atoms with van der Waals surface area (Å²) in [6.07, 6.45) is 0. The summed E-state index contributed by atoms with van der Waals surface area (Å²) < 4.78 is 28.5. The third-order valence-electron chi connectivity index (χ3n) is 4.71. The summed E-state index contributed by atoms with van der Waals surface area (Å²) in [5, 5.41) is 11.4. The van der Waals surface area contributed by atoms with Gasteiger partial charge in [-0.05, 0) is 42.5 Å². The maximum Gasteiger partial charge on any atom is 0.251 e. The maximum atomic E-state index is 13.5. The summed E-state index contributed by atoms with van der Waals surface area (Å²) >= 11 is 1.19. The SMILES string of the molecule is O=C(CSc1nnc(CNC(=O)c2cccc(F)c2)n1-c1ccc(F)cc1)c1ccccc1. The van der Waals surface area contributed by atoms with Crippen LogP contribution in [0.15, 0.2) is 84.0 Å². The van der Waals surface area contributed by atoms with Gasteiger partial charge in [-0.25, -0.2) is 8.78 Å². The van der Waals surface area contributed by atoms with Crippen molar-refractivity contribution in [1.29, 1.82) is 0 Å². The Balaban J connectivity index is 1.55. The van der Waals surface area contributed by atoms with Crippen molar-refractivity contribution in [1.82, 2.24) is 20.1 Å². The van der Waals surface area contributed by atoms with Crippen LogP contribution in [0.1, 0.15) is 26.5 Å². The van der Waals surface area contributed by atoms with E-state index in [1.165, 1.54) is 42.1 Å². The average Bonchev–Trinajstić information content (AvgIpc) is 3.24. The van der Waals surface area contributed by atoms with Crippen molar-refractivity contribution in [2.75, 3.05) is 5.75 Å². The van der Waals surface area contributed by atoms with Gasteiger partial charge in [0.25, 0.3) is 5.91 Å². The normalized spacial score (nSPS) is 10.7. The van der Waals surface area contributed by atoms with Crippen molar-refractivity contribution >= 4 is 23.5 Å². The molecule has 33 heavy (non-hydrogen) atoms. The highest BCUT2D eigenvalue weighted by atomic mass is 32.2. The van der Waals surface area contributed by atoms with Gasteiger partial charge >= 0.3 is 0 Å². The van der Waals surface area contributed by atoms with Crippen LogP contribution in [0.25, 0.3) is 5.69 Å². The number of hydrogen-bond acceptors (Lipinski definition) is 5. The molecule has 0 aliphatic rings. The van der Waals surface area contributed by atoms with Crippen LogP contribution in [0.4, 0.5) is 8.78 Å². The highest BCUT2D eigenvalue weighted by Crippen LogP contribution is 2.23. The van der Waals surface area contributed by atoms with Gasteiger partial charge in [0.05, 0.1) is 12.3 Å². The molecule has 1 aromatic heterocycles. The summed E-state index contributed by atoms with van der Waals surface area (Å²) in [5.41, 5.74) is 1.33. The van der Waals surface area contributed by atoms with Gasteiger partial charge < -0.3 is 5.32 Å². The van der Waals surface area contributed by atoms with Gasteiger partial charge in [-0.2, -0.15) is 0 Å². The van der Waals surface area contributed by atoms with Crippen molar-refractivity contribution in [3.63, 3.8) is 0 Å². The van der Waals surface area contributed by atoms with E-state index < -0.39 is 17.5 Å². The first-order valence-corrected chi connectivity index (χ1v) is 10.9. The van der Waals surface area contributed by atoms with Crippen LogP contribution in [-0.4, -0.2) is 32.2 Å². The van der Waals surface area contributed by atoms with Gasteiger partial charge in [0.1, 0.15) is 11.6 Å². The molecule has 0 saturated carbocycles. The van der Waals surface area contributed by atoms with Crippen molar-refractivity contribution in [2.24, 2.45) is 0 Å². The van der Waals surface area contributed by atoms with Gasteiger partial charge in [-0.15, -0.1) is 10.2 Å². The molecule has 3 aromatic carbocycles. The van der Waals surface area contributed by atoms with Gasteiger partial charge in [0, 0.05) is 16.8 Å². The van der Waals surface area contributed by atoms with Crippen LogP contribution >= 0.6 is 11.8 Å². The Bertz CT molecular complexity index is 1280. The maximum absolute atomic E-state index is 13.5. The number of benzene rings is 3. The zero-order valence-electron chi connectivity index (χ0n) is 17.2. The van der Waals surface area contributed by atoms with E-state index in [2.05, 4.69) is 15.5 Å². The molecule has 4 aromatic rings. The Morgan fingerprint density at radius 3 is 2.30 bits per heavy atom. The quantitative estimate of drug-likeness (QED) is 0.308. The lowest BCUT2D eigenvalue weighted by molar-refractivity contribution is 0.0948. The van der Waals surface area contributed by atoms with E-state index in [9.17, 15) is 18.4 Å². The van der Waals surface area contributed by atoms with E-state index >= 15 is 0 Å². The number of nitrogens with zero attached hydrogens (tertiary/aromatic N) is 3. The van der Waals surface area contributed by atoms with E-state index in [-0.39, 0.29) is 23.6 Å². The van der Waals surface area contributed by atoms with Crippen LogP contribution in [0.3, 0.4) is 0 Å². The average molecular weight is 464 g/mol. The second kappa shape index (κ2) is 10.2. The molecule has 9 heteroatoms. The molecule has 1 N–H and O–H groups in total. The van der Waals surface area contributed by atoms with Crippen LogP contribution in [-0.2, 0) is 6.54 Å². The predicted molar refractivity (Wildman–Crippen MR) is 120 cm³/mol. The Hall–Kier alpha value is -3.85. The minimum atomic E-state index is -0.515. The number of ketones is 1. The number of thioether (sulfide) groups is 1. The van der Waals surface area contributed by atoms with Crippen molar-refractivity contribution in [3.8, 4) is 5.69 Å². The van der Waals surface area contributed by atoms with Crippen LogP contribution in [0.5, 0.6) is 0 Å². The lowest BCUT2D eigenvalue weighted by Crippen LogP contribution is -2.24. The van der Waals surface area contributed by atoms with Gasteiger partial charge in [0.2, 0.25) is 0 Å². The number of Topliss-reactive ketones (excluding diaryl/α,β-unsaturated/α-hetero) is 1. The molecule has 0 fully saturated rings. The fraction of sp³-hybridized carbons (Fsp3) is 0.0833. The molecule has 0 aliphatic heterocycles. The van der Waals surface area contributed by atoms with Gasteiger partial charge in [-0.3, -0.25) is 14.2 Å². The summed E-state index contributed by atoms with van der Waals surface area (Å²) in [6.45, 7) is -0.00703. The fourth-order valence-corrected chi connectivity index (χ4v) is 3.95. The summed E-state index contributed by atoms with van der Waals surface area (Å²) in [4.78, 5) is 24.9. The zero-order chi connectivity index (χ0) is 23.2. The minimum absolute atomic E-state index is 0.00703. The lowest BCUT2D eigenvalue weighted by Gasteiger charge is -2.11. The fourth-order valence-electron chi connectivity index (χ4n) is 3.09. The highest BCUT2D eigenvalue weighted by Gasteiger charge is 2.18. The van der Waals surface area contributed by atoms with E-state index in [1.54, 1.807) is 41.0 Å². The highest BCUT2D eigenvalue weighted by molar-refractivity contribution is 7.99. The second-order valence-electron chi connectivity index (χ2n) is 6.98. The van der Waals surface area contributed by atoms with Crippen molar-refractivity contribution < 1.29 is 18.4 Å². The van der Waals surface area contributed by atoms with Crippen LogP contribution < -0.4 is 5.32 Å². The lowest BCUT2D eigenvalue weighted by atomic mass is 10.2. The molecule has 4 rings (SSSR count). The zero-order valence-corrected chi connectivity index (χ0v) is 18.1. The molecule has 166 valence electrons. The smallest absolute Gasteiger partial charge is 0.251 e. The Kier molecular flexibility index (Phi) is 6.89. The topological polar surface area (TPSA) is 76.9 Å².